The molecule has 0 bridgehead atoms. The summed E-state index contributed by atoms with van der Waals surface area (Å²) < 4.78 is 17.1. The number of fused-ring (bicyclic) bond motifs is 2. The first-order valence-electron chi connectivity index (χ1n) is 12.4. The van der Waals surface area contributed by atoms with Crippen LogP contribution in [-0.2, 0) is 17.8 Å². The van der Waals surface area contributed by atoms with Crippen LogP contribution in [0.2, 0.25) is 0 Å². The monoisotopic (exact) mass is 512 g/mol. The minimum atomic E-state index is 0.236. The van der Waals surface area contributed by atoms with Crippen molar-refractivity contribution >= 4 is 17.4 Å². The number of morpholine rings is 1. The van der Waals surface area contributed by atoms with Crippen LogP contribution in [-0.4, -0.2) is 43.5 Å². The van der Waals surface area contributed by atoms with Gasteiger partial charge in [-0.25, -0.2) is 4.98 Å². The smallest absolute Gasteiger partial charge is 0.216 e. The lowest BCUT2D eigenvalue weighted by Crippen LogP contribution is -2.36. The maximum Gasteiger partial charge on any atom is 0.216 e. The molecule has 2 aliphatic rings. The van der Waals surface area contributed by atoms with Crippen molar-refractivity contribution in [3.63, 3.8) is 0 Å². The van der Waals surface area contributed by atoms with Crippen molar-refractivity contribution in [1.82, 2.24) is 4.98 Å². The number of nitrogens with zero attached hydrogens (tertiary/aromatic N) is 2. The Hall–Kier alpha value is -3.68. The average Bonchev–Trinajstić information content (AvgIpc) is 2.95. The van der Waals surface area contributed by atoms with Gasteiger partial charge in [0.15, 0.2) is 0 Å². The van der Waals surface area contributed by atoms with Crippen LogP contribution in [0.25, 0.3) is 11.3 Å². The Morgan fingerprint density at radius 2 is 1.78 bits per heavy atom. The Bertz CT molecular complexity index is 1420. The third-order valence-electron chi connectivity index (χ3n) is 6.74. The van der Waals surface area contributed by atoms with E-state index in [9.17, 15) is 5.11 Å². The number of aromatic nitrogens is 1. The Morgan fingerprint density at radius 1 is 0.973 bits per heavy atom. The number of phenolic OH excluding ortho intramolecular Hbond substituents is 1. The first-order valence-corrected chi connectivity index (χ1v) is 13.2. The highest BCUT2D eigenvalue weighted by atomic mass is 32.2. The molecule has 7 heteroatoms. The average molecular weight is 513 g/mol. The van der Waals surface area contributed by atoms with Gasteiger partial charge < -0.3 is 24.2 Å². The minimum Gasteiger partial charge on any atom is -0.508 e. The van der Waals surface area contributed by atoms with Crippen LogP contribution in [0.3, 0.4) is 0 Å². The highest BCUT2D eigenvalue weighted by Crippen LogP contribution is 2.45. The first-order chi connectivity index (χ1) is 18.2. The third kappa shape index (κ3) is 5.10. The lowest BCUT2D eigenvalue weighted by Gasteiger charge is -2.29. The van der Waals surface area contributed by atoms with Crippen LogP contribution < -0.4 is 14.4 Å². The van der Waals surface area contributed by atoms with Crippen molar-refractivity contribution in [2.24, 2.45) is 0 Å². The molecule has 6 nitrogen and oxygen atoms in total. The molecule has 37 heavy (non-hydrogen) atoms. The SMILES string of the molecule is COc1ccc(COc2cc(N3CCOCC3)cc(-c3cc(O)cc4c3Cc3ccccc3S4)n2)cc1. The topological polar surface area (TPSA) is 64.1 Å². The number of benzene rings is 3. The molecule has 0 radical (unpaired) electrons. The normalized spacial score (nSPS) is 14.6. The number of hydrogen-bond donors (Lipinski definition) is 1. The number of pyridine rings is 1. The molecule has 1 fully saturated rings. The first kappa shape index (κ1) is 23.7. The summed E-state index contributed by atoms with van der Waals surface area (Å²) in [6.07, 6.45) is 0.791. The molecule has 0 unspecified atom stereocenters. The van der Waals surface area contributed by atoms with E-state index in [1.807, 2.05) is 42.5 Å². The summed E-state index contributed by atoms with van der Waals surface area (Å²) in [5.74, 6) is 1.60. The fraction of sp³-hybridized carbons (Fsp3) is 0.233. The van der Waals surface area contributed by atoms with Gasteiger partial charge in [-0.1, -0.05) is 42.1 Å². The van der Waals surface area contributed by atoms with Crippen molar-refractivity contribution in [2.45, 2.75) is 22.8 Å². The molecular formula is C30H28N2O4S. The lowest BCUT2D eigenvalue weighted by molar-refractivity contribution is 0.122. The third-order valence-corrected chi connectivity index (χ3v) is 7.94. The van der Waals surface area contributed by atoms with Gasteiger partial charge in [0.05, 0.1) is 26.0 Å². The van der Waals surface area contributed by atoms with Gasteiger partial charge in [-0.15, -0.1) is 0 Å². The van der Waals surface area contributed by atoms with E-state index in [-0.39, 0.29) is 5.75 Å². The predicted octanol–water partition coefficient (Wildman–Crippen LogP) is 5.93. The van der Waals surface area contributed by atoms with Gasteiger partial charge in [-0.3, -0.25) is 0 Å². The molecule has 0 atom stereocenters. The molecule has 0 spiro atoms. The molecule has 6 rings (SSSR count). The van der Waals surface area contributed by atoms with Gasteiger partial charge in [0.25, 0.3) is 0 Å². The van der Waals surface area contributed by atoms with Crippen molar-refractivity contribution in [3.05, 3.63) is 89.5 Å². The fourth-order valence-electron chi connectivity index (χ4n) is 4.78. The van der Waals surface area contributed by atoms with Crippen molar-refractivity contribution in [1.29, 1.82) is 0 Å². The maximum atomic E-state index is 10.7. The Kier molecular flexibility index (Phi) is 6.64. The molecule has 3 aromatic carbocycles. The van der Waals surface area contributed by atoms with E-state index in [0.717, 1.165) is 52.7 Å². The lowest BCUT2D eigenvalue weighted by atomic mass is 9.96. The summed E-state index contributed by atoms with van der Waals surface area (Å²) in [4.78, 5) is 9.52. The van der Waals surface area contributed by atoms with Gasteiger partial charge in [0, 0.05) is 46.6 Å². The van der Waals surface area contributed by atoms with E-state index < -0.39 is 0 Å². The zero-order valence-corrected chi connectivity index (χ0v) is 21.5. The van der Waals surface area contributed by atoms with E-state index in [1.54, 1.807) is 18.9 Å². The van der Waals surface area contributed by atoms with Crippen molar-refractivity contribution < 1.29 is 19.3 Å². The minimum absolute atomic E-state index is 0.236. The van der Waals surface area contributed by atoms with E-state index in [1.165, 1.54) is 16.0 Å². The fourth-order valence-corrected chi connectivity index (χ4v) is 5.92. The highest BCUT2D eigenvalue weighted by Gasteiger charge is 2.23. The quantitative estimate of drug-likeness (QED) is 0.302. The number of hydrogen-bond acceptors (Lipinski definition) is 7. The molecule has 1 N–H and O–H groups in total. The zero-order valence-electron chi connectivity index (χ0n) is 20.6. The molecule has 0 aliphatic carbocycles. The summed E-state index contributed by atoms with van der Waals surface area (Å²) in [5.41, 5.74) is 6.26. The second kappa shape index (κ2) is 10.4. The number of phenols is 1. The number of methoxy groups -OCH3 is 1. The number of anilines is 1. The Balaban J connectivity index is 1.38. The van der Waals surface area contributed by atoms with Crippen LogP contribution in [0.4, 0.5) is 5.69 Å². The summed E-state index contributed by atoms with van der Waals surface area (Å²) in [7, 11) is 1.66. The van der Waals surface area contributed by atoms with Crippen LogP contribution >= 0.6 is 11.8 Å². The molecule has 1 saturated heterocycles. The number of rotatable bonds is 6. The summed E-state index contributed by atoms with van der Waals surface area (Å²) in [6, 6.07) is 24.1. The van der Waals surface area contributed by atoms with Gasteiger partial charge in [0.1, 0.15) is 18.1 Å². The molecule has 188 valence electrons. The molecular weight excluding hydrogens is 484 g/mol. The van der Waals surface area contributed by atoms with Crippen molar-refractivity contribution in [2.75, 3.05) is 38.3 Å². The van der Waals surface area contributed by atoms with E-state index in [2.05, 4.69) is 35.2 Å². The van der Waals surface area contributed by atoms with E-state index >= 15 is 0 Å². The van der Waals surface area contributed by atoms with Gasteiger partial charge >= 0.3 is 0 Å². The van der Waals surface area contributed by atoms with Crippen LogP contribution in [0.15, 0.2) is 82.6 Å². The Morgan fingerprint density at radius 3 is 2.59 bits per heavy atom. The maximum absolute atomic E-state index is 10.7. The largest absolute Gasteiger partial charge is 0.508 e. The molecule has 2 aliphatic heterocycles. The molecule has 0 saturated carbocycles. The van der Waals surface area contributed by atoms with Crippen LogP contribution in [0.1, 0.15) is 16.7 Å². The second-order valence-electron chi connectivity index (χ2n) is 9.14. The molecule has 4 aromatic rings. The molecule has 3 heterocycles. The van der Waals surface area contributed by atoms with Gasteiger partial charge in [0.2, 0.25) is 5.88 Å². The zero-order chi connectivity index (χ0) is 25.2. The molecule has 0 amide bonds. The van der Waals surface area contributed by atoms with E-state index in [0.29, 0.717) is 25.7 Å². The standard InChI is InChI=1S/C30H28N2O4S/c1-34-24-8-6-20(7-9-24)19-36-30-16-22(32-10-12-35-13-11-32)15-27(31-30)25-17-23(33)18-29-26(25)14-21-4-2-3-5-28(21)37-29/h2-9,15-18,33H,10-14,19H2,1H3. The summed E-state index contributed by atoms with van der Waals surface area (Å²) in [6.45, 7) is 3.39. The van der Waals surface area contributed by atoms with E-state index in [4.69, 9.17) is 19.2 Å². The second-order valence-corrected chi connectivity index (χ2v) is 10.2. The number of ether oxygens (including phenoxy) is 3. The summed E-state index contributed by atoms with van der Waals surface area (Å²) in [5, 5.41) is 10.7. The van der Waals surface area contributed by atoms with Crippen LogP contribution in [0, 0.1) is 0 Å². The van der Waals surface area contributed by atoms with Gasteiger partial charge in [-0.05, 0) is 53.1 Å². The Labute approximate surface area is 220 Å². The van der Waals surface area contributed by atoms with Crippen molar-refractivity contribution in [3.8, 4) is 28.6 Å². The molecule has 1 aromatic heterocycles. The van der Waals surface area contributed by atoms with Crippen LogP contribution in [0.5, 0.6) is 17.4 Å². The number of aromatic hydroxyl groups is 1. The highest BCUT2D eigenvalue weighted by molar-refractivity contribution is 7.99. The predicted molar refractivity (Wildman–Crippen MR) is 145 cm³/mol. The van der Waals surface area contributed by atoms with Gasteiger partial charge in [-0.2, -0.15) is 0 Å². The summed E-state index contributed by atoms with van der Waals surface area (Å²) >= 11 is 1.70.